The first-order chi connectivity index (χ1) is 14.0. The van der Waals surface area contributed by atoms with Crippen LogP contribution in [0.1, 0.15) is 43.0 Å². The van der Waals surface area contributed by atoms with Crippen LogP contribution in [0.15, 0.2) is 73.1 Å². The van der Waals surface area contributed by atoms with Gasteiger partial charge in [0.05, 0.1) is 11.7 Å². The molecule has 0 aliphatic carbocycles. The number of para-hydroxylation sites is 1. The Balaban J connectivity index is 0.00000145. The average Bonchev–Trinajstić information content (AvgIpc) is 3.19. The van der Waals surface area contributed by atoms with Gasteiger partial charge in [-0.3, -0.25) is 0 Å². The van der Waals surface area contributed by atoms with E-state index in [9.17, 15) is 0 Å². The van der Waals surface area contributed by atoms with Crippen LogP contribution in [0.25, 0.3) is 5.70 Å². The number of rotatable bonds is 7. The first-order valence-corrected chi connectivity index (χ1v) is 10.5. The van der Waals surface area contributed by atoms with Crippen LogP contribution < -0.4 is 16.0 Å². The second-order valence-corrected chi connectivity index (χ2v) is 7.04. The van der Waals surface area contributed by atoms with Gasteiger partial charge < -0.3 is 16.0 Å². The van der Waals surface area contributed by atoms with Gasteiger partial charge in [0.25, 0.3) is 0 Å². The van der Waals surface area contributed by atoms with E-state index in [1.54, 1.807) is 0 Å². The third kappa shape index (κ3) is 5.32. The monoisotopic (exact) mass is 389 g/mol. The van der Waals surface area contributed by atoms with E-state index < -0.39 is 0 Å². The van der Waals surface area contributed by atoms with E-state index in [1.807, 2.05) is 27.1 Å². The van der Waals surface area contributed by atoms with E-state index in [-0.39, 0.29) is 6.04 Å². The Hall–Kier alpha value is -2.94. The fourth-order valence-electron chi connectivity index (χ4n) is 3.49. The first kappa shape index (κ1) is 22.4. The molecule has 3 N–H and O–H groups in total. The number of fused-ring (bicyclic) bond motifs is 1. The van der Waals surface area contributed by atoms with Crippen LogP contribution in [0.4, 0.5) is 5.69 Å². The van der Waals surface area contributed by atoms with Crippen LogP contribution in [-0.4, -0.2) is 13.1 Å². The number of hydrogen-bond donors (Lipinski definition) is 3. The summed E-state index contributed by atoms with van der Waals surface area (Å²) in [6.45, 7) is 16.9. The molecule has 0 amide bonds. The summed E-state index contributed by atoms with van der Waals surface area (Å²) in [5.74, 6) is 0. The van der Waals surface area contributed by atoms with Crippen molar-refractivity contribution < 1.29 is 0 Å². The van der Waals surface area contributed by atoms with E-state index >= 15 is 0 Å². The number of aryl methyl sites for hydroxylation is 2. The summed E-state index contributed by atoms with van der Waals surface area (Å²) in [6.07, 6.45) is 3.91. The highest BCUT2D eigenvalue weighted by Gasteiger charge is 2.24. The van der Waals surface area contributed by atoms with Gasteiger partial charge in [-0.2, -0.15) is 0 Å². The molecule has 1 aliphatic heterocycles. The van der Waals surface area contributed by atoms with Gasteiger partial charge in [0.1, 0.15) is 0 Å². The highest BCUT2D eigenvalue weighted by molar-refractivity contribution is 5.68. The molecule has 3 heteroatoms. The summed E-state index contributed by atoms with van der Waals surface area (Å²) < 4.78 is 0. The SMILES string of the molecule is C=C(N/C(=C/NC)C(=C)C1Cc2ccccc2N1)c1cc(CC)ccc1C.CC. The van der Waals surface area contributed by atoms with Crippen molar-refractivity contribution in [2.75, 3.05) is 12.4 Å². The molecule has 2 aromatic carbocycles. The Bertz CT molecular complexity index is 868. The molecule has 3 rings (SSSR count). The molecule has 3 nitrogen and oxygen atoms in total. The third-order valence-electron chi connectivity index (χ3n) is 5.15. The zero-order valence-corrected chi connectivity index (χ0v) is 18.5. The Kier molecular flexibility index (Phi) is 8.14. The van der Waals surface area contributed by atoms with Gasteiger partial charge in [0.2, 0.25) is 0 Å². The lowest BCUT2D eigenvalue weighted by molar-refractivity contribution is 0.846. The van der Waals surface area contributed by atoms with Gasteiger partial charge in [-0.1, -0.05) is 64.3 Å². The second kappa shape index (κ2) is 10.6. The van der Waals surface area contributed by atoms with E-state index in [2.05, 4.69) is 85.4 Å². The fourth-order valence-corrected chi connectivity index (χ4v) is 3.49. The summed E-state index contributed by atoms with van der Waals surface area (Å²) >= 11 is 0. The van der Waals surface area contributed by atoms with Crippen molar-refractivity contribution in [2.45, 2.75) is 46.6 Å². The molecule has 0 bridgehead atoms. The Morgan fingerprint density at radius 1 is 1.17 bits per heavy atom. The molecule has 2 aromatic rings. The van der Waals surface area contributed by atoms with Gasteiger partial charge in [-0.15, -0.1) is 0 Å². The van der Waals surface area contributed by atoms with Crippen LogP contribution in [0, 0.1) is 6.92 Å². The maximum atomic E-state index is 4.37. The lowest BCUT2D eigenvalue weighted by Crippen LogP contribution is -2.26. The van der Waals surface area contributed by atoms with Crippen molar-refractivity contribution in [2.24, 2.45) is 0 Å². The molecule has 0 aromatic heterocycles. The molecule has 0 saturated carbocycles. The number of benzene rings is 2. The number of hydrogen-bond acceptors (Lipinski definition) is 3. The molecule has 1 unspecified atom stereocenters. The van der Waals surface area contributed by atoms with Crippen molar-refractivity contribution in [3.63, 3.8) is 0 Å². The Morgan fingerprint density at radius 3 is 2.55 bits per heavy atom. The van der Waals surface area contributed by atoms with Crippen LogP contribution in [0.2, 0.25) is 0 Å². The number of nitrogens with one attached hydrogen (secondary N) is 3. The molecule has 29 heavy (non-hydrogen) atoms. The van der Waals surface area contributed by atoms with Crippen molar-refractivity contribution >= 4 is 11.4 Å². The van der Waals surface area contributed by atoms with Gasteiger partial charge in [0.15, 0.2) is 0 Å². The molecular formula is C26H35N3. The Labute approximate surface area is 176 Å². The maximum absolute atomic E-state index is 4.37. The molecule has 1 aliphatic rings. The van der Waals surface area contributed by atoms with Gasteiger partial charge >= 0.3 is 0 Å². The van der Waals surface area contributed by atoms with Crippen molar-refractivity contribution in [3.8, 4) is 0 Å². The van der Waals surface area contributed by atoms with Gasteiger partial charge in [-0.05, 0) is 54.2 Å². The van der Waals surface area contributed by atoms with Crippen molar-refractivity contribution in [1.29, 1.82) is 0 Å². The molecule has 154 valence electrons. The maximum Gasteiger partial charge on any atom is 0.0591 e. The van der Waals surface area contributed by atoms with Gasteiger partial charge in [-0.25, -0.2) is 0 Å². The van der Waals surface area contributed by atoms with Gasteiger partial charge in [0, 0.05) is 30.2 Å². The van der Waals surface area contributed by atoms with E-state index in [0.717, 1.165) is 35.4 Å². The predicted molar refractivity (Wildman–Crippen MR) is 128 cm³/mol. The number of anilines is 1. The van der Waals surface area contributed by atoms with Crippen LogP contribution >= 0.6 is 0 Å². The zero-order chi connectivity index (χ0) is 21.4. The minimum atomic E-state index is 0.172. The van der Waals surface area contributed by atoms with E-state index in [4.69, 9.17) is 0 Å². The zero-order valence-electron chi connectivity index (χ0n) is 18.5. The largest absolute Gasteiger partial charge is 0.392 e. The van der Waals surface area contributed by atoms with Crippen LogP contribution in [-0.2, 0) is 12.8 Å². The molecule has 1 heterocycles. The predicted octanol–water partition coefficient (Wildman–Crippen LogP) is 5.80. The Morgan fingerprint density at radius 2 is 1.90 bits per heavy atom. The fraction of sp³-hybridized carbons (Fsp3) is 0.308. The van der Waals surface area contributed by atoms with Crippen molar-refractivity contribution in [1.82, 2.24) is 10.6 Å². The molecule has 0 fully saturated rings. The summed E-state index contributed by atoms with van der Waals surface area (Å²) in [7, 11) is 1.90. The standard InChI is InChI=1S/C24H29N3.C2H6/c1-6-19-12-11-16(2)21(13-19)18(4)26-24(15-25-5)17(3)23-14-20-9-7-8-10-22(20)27-23;1-2/h7-13,15,23,25-27H,3-4,6,14H2,1-2,5H3;1-2H3/b24-15+;. The molecular weight excluding hydrogens is 354 g/mol. The lowest BCUT2D eigenvalue weighted by Gasteiger charge is -2.21. The third-order valence-corrected chi connectivity index (χ3v) is 5.15. The van der Waals surface area contributed by atoms with Crippen LogP contribution in [0.3, 0.4) is 0 Å². The molecule has 1 atom stereocenters. The van der Waals surface area contributed by atoms with E-state index in [0.29, 0.717) is 0 Å². The summed E-state index contributed by atoms with van der Waals surface area (Å²) in [5, 5.41) is 10.2. The highest BCUT2D eigenvalue weighted by atomic mass is 15.0. The molecule has 0 spiro atoms. The topological polar surface area (TPSA) is 36.1 Å². The summed E-state index contributed by atoms with van der Waals surface area (Å²) in [5.41, 5.74) is 9.05. The summed E-state index contributed by atoms with van der Waals surface area (Å²) in [6, 6.07) is 15.2. The highest BCUT2D eigenvalue weighted by Crippen LogP contribution is 2.30. The quantitative estimate of drug-likeness (QED) is 0.524. The minimum absolute atomic E-state index is 0.172. The van der Waals surface area contributed by atoms with Crippen LogP contribution in [0.5, 0.6) is 0 Å². The van der Waals surface area contributed by atoms with E-state index in [1.165, 1.54) is 22.4 Å². The normalized spacial score (nSPS) is 14.8. The second-order valence-electron chi connectivity index (χ2n) is 7.04. The summed E-state index contributed by atoms with van der Waals surface area (Å²) in [4.78, 5) is 0. The first-order valence-electron chi connectivity index (χ1n) is 10.5. The van der Waals surface area contributed by atoms with Crippen molar-refractivity contribution in [3.05, 3.63) is 95.3 Å². The minimum Gasteiger partial charge on any atom is -0.392 e. The molecule has 0 radical (unpaired) electrons. The molecule has 0 saturated heterocycles. The smallest absolute Gasteiger partial charge is 0.0591 e. The average molecular weight is 390 g/mol. The lowest BCUT2D eigenvalue weighted by atomic mass is 9.99.